The number of hydrogen-bond donors (Lipinski definition) is 1. The molecule has 1 saturated carbocycles. The summed E-state index contributed by atoms with van der Waals surface area (Å²) in [4.78, 5) is 53.1. The van der Waals surface area contributed by atoms with Gasteiger partial charge in [-0.1, -0.05) is 29.8 Å². The lowest BCUT2D eigenvalue weighted by Gasteiger charge is -2.59. The number of likely N-dealkylation sites (tertiary alicyclic amines) is 1. The molecule has 1 N–H and O–H groups in total. The zero-order valence-electron chi connectivity index (χ0n) is 19.2. The van der Waals surface area contributed by atoms with E-state index in [1.54, 1.807) is 18.2 Å². The minimum Gasteiger partial charge on any atom is -0.337 e. The maximum absolute atomic E-state index is 13.1. The van der Waals surface area contributed by atoms with Gasteiger partial charge in [0.25, 0.3) is 11.8 Å². The second-order valence-electron chi connectivity index (χ2n) is 10.4. The van der Waals surface area contributed by atoms with Crippen molar-refractivity contribution in [2.24, 2.45) is 5.41 Å². The van der Waals surface area contributed by atoms with Gasteiger partial charge < -0.3 is 9.80 Å². The summed E-state index contributed by atoms with van der Waals surface area (Å²) in [7, 11) is 0. The maximum Gasteiger partial charge on any atom is 0.255 e. The summed E-state index contributed by atoms with van der Waals surface area (Å²) in [5.74, 6) is -0.365. The number of nitrogens with zero attached hydrogens (tertiary/aromatic N) is 2. The number of imide groups is 1. The molecule has 1 spiro atoms. The predicted molar refractivity (Wildman–Crippen MR) is 124 cm³/mol. The average molecular weight is 458 g/mol. The van der Waals surface area contributed by atoms with E-state index in [4.69, 9.17) is 0 Å². The van der Waals surface area contributed by atoms with E-state index < -0.39 is 11.9 Å². The molecule has 1 aliphatic carbocycles. The molecule has 0 radical (unpaired) electrons. The molecule has 3 fully saturated rings. The first kappa shape index (κ1) is 21.1. The van der Waals surface area contributed by atoms with E-state index in [0.717, 1.165) is 31.5 Å². The highest BCUT2D eigenvalue weighted by molar-refractivity contribution is 6.06. The van der Waals surface area contributed by atoms with Crippen LogP contribution in [-0.4, -0.2) is 52.6 Å². The highest BCUT2D eigenvalue weighted by Crippen LogP contribution is 2.56. The highest BCUT2D eigenvalue weighted by Gasteiger charge is 2.54. The van der Waals surface area contributed by atoms with Crippen LogP contribution in [0.4, 0.5) is 0 Å². The minimum atomic E-state index is -0.646. The van der Waals surface area contributed by atoms with E-state index in [9.17, 15) is 19.2 Å². The summed E-state index contributed by atoms with van der Waals surface area (Å²) in [5, 5.41) is 2.32. The van der Waals surface area contributed by atoms with Crippen molar-refractivity contribution in [2.75, 3.05) is 13.1 Å². The van der Waals surface area contributed by atoms with Crippen molar-refractivity contribution in [2.45, 2.75) is 51.1 Å². The first-order chi connectivity index (χ1) is 16.3. The van der Waals surface area contributed by atoms with Crippen LogP contribution in [0.25, 0.3) is 0 Å². The van der Waals surface area contributed by atoms with Crippen molar-refractivity contribution < 1.29 is 19.2 Å². The van der Waals surface area contributed by atoms with Gasteiger partial charge >= 0.3 is 0 Å². The quantitative estimate of drug-likeness (QED) is 0.718. The molecule has 2 aromatic rings. The lowest BCUT2D eigenvalue weighted by molar-refractivity contribution is -0.136. The fraction of sp³-hybridized carbons (Fsp3) is 0.407. The molecule has 4 amide bonds. The first-order valence-electron chi connectivity index (χ1n) is 12.0. The third kappa shape index (κ3) is 3.33. The molecule has 0 bridgehead atoms. The number of benzene rings is 2. The van der Waals surface area contributed by atoms with E-state index in [0.29, 0.717) is 23.5 Å². The fourth-order valence-electron chi connectivity index (χ4n) is 6.12. The number of piperidine rings is 1. The normalized spacial score (nSPS) is 23.4. The van der Waals surface area contributed by atoms with Crippen molar-refractivity contribution >= 4 is 23.6 Å². The van der Waals surface area contributed by atoms with Crippen LogP contribution in [0.5, 0.6) is 0 Å². The zero-order chi connectivity index (χ0) is 23.6. The smallest absolute Gasteiger partial charge is 0.255 e. The van der Waals surface area contributed by atoms with Gasteiger partial charge in [0.1, 0.15) is 6.04 Å². The largest absolute Gasteiger partial charge is 0.337 e. The summed E-state index contributed by atoms with van der Waals surface area (Å²) >= 11 is 0. The molecule has 2 saturated heterocycles. The number of rotatable bonds is 3. The third-order valence-electron chi connectivity index (χ3n) is 8.02. The SMILES string of the molecule is Cc1ccc(C2CC3(C2)CN(C(=O)c2ccc4c(c2)CN(C2CCC(=O)NC2=O)C4=O)C3)cc1. The van der Waals surface area contributed by atoms with Gasteiger partial charge in [0, 0.05) is 42.6 Å². The molecular formula is C27H27N3O4. The van der Waals surface area contributed by atoms with Gasteiger partial charge in [-0.2, -0.15) is 0 Å². The summed E-state index contributed by atoms with van der Waals surface area (Å²) in [6.45, 7) is 3.95. The van der Waals surface area contributed by atoms with Gasteiger partial charge in [0.05, 0.1) is 0 Å². The number of aryl methyl sites for hydroxylation is 1. The molecule has 1 unspecified atom stereocenters. The maximum atomic E-state index is 13.1. The Morgan fingerprint density at radius 2 is 1.76 bits per heavy atom. The summed E-state index contributed by atoms with van der Waals surface area (Å²) < 4.78 is 0. The first-order valence-corrected chi connectivity index (χ1v) is 12.0. The average Bonchev–Trinajstić information content (AvgIpc) is 3.08. The lowest BCUT2D eigenvalue weighted by atomic mass is 9.56. The van der Waals surface area contributed by atoms with Crippen LogP contribution >= 0.6 is 0 Å². The standard InChI is InChI=1S/C27H27N3O4/c1-16-2-4-17(5-3-16)20-11-27(12-20)14-29(15-27)25(33)18-6-7-21-19(10-18)13-30(26(21)34)22-8-9-23(31)28-24(22)32/h2-7,10,20,22H,8-9,11-15H2,1H3,(H,28,31,32). The Kier molecular flexibility index (Phi) is 4.66. The van der Waals surface area contributed by atoms with Crippen LogP contribution < -0.4 is 5.32 Å². The second kappa shape index (κ2) is 7.52. The van der Waals surface area contributed by atoms with Crippen LogP contribution in [0, 0.1) is 12.3 Å². The Morgan fingerprint density at radius 1 is 1.03 bits per heavy atom. The summed E-state index contributed by atoms with van der Waals surface area (Å²) in [6, 6.07) is 13.3. The van der Waals surface area contributed by atoms with Gasteiger partial charge in [-0.25, -0.2) is 0 Å². The van der Waals surface area contributed by atoms with E-state index in [2.05, 4.69) is 36.5 Å². The van der Waals surface area contributed by atoms with Crippen LogP contribution in [0.1, 0.15) is 69.0 Å². The lowest BCUT2D eigenvalue weighted by Crippen LogP contribution is -2.63. The molecule has 1 atom stereocenters. The fourth-order valence-corrected chi connectivity index (χ4v) is 6.12. The van der Waals surface area contributed by atoms with Crippen LogP contribution in [-0.2, 0) is 16.1 Å². The van der Waals surface area contributed by atoms with Crippen LogP contribution in [0.15, 0.2) is 42.5 Å². The van der Waals surface area contributed by atoms with Crippen LogP contribution in [0.2, 0.25) is 0 Å². The summed E-state index contributed by atoms with van der Waals surface area (Å²) in [5.41, 5.74) is 4.79. The molecule has 3 aliphatic heterocycles. The molecule has 0 aromatic heterocycles. The number of fused-ring (bicyclic) bond motifs is 1. The number of carbonyl (C=O) groups excluding carboxylic acids is 4. The molecule has 34 heavy (non-hydrogen) atoms. The van der Waals surface area contributed by atoms with E-state index in [1.165, 1.54) is 16.0 Å². The van der Waals surface area contributed by atoms with Crippen LogP contribution in [0.3, 0.4) is 0 Å². The summed E-state index contributed by atoms with van der Waals surface area (Å²) in [6.07, 6.45) is 2.80. The monoisotopic (exact) mass is 457 g/mol. The zero-order valence-corrected chi connectivity index (χ0v) is 19.2. The Bertz CT molecular complexity index is 1220. The third-order valence-corrected chi connectivity index (χ3v) is 8.02. The Balaban J connectivity index is 1.09. The second-order valence-corrected chi connectivity index (χ2v) is 10.4. The molecule has 4 aliphatic rings. The van der Waals surface area contributed by atoms with Crippen molar-refractivity contribution in [1.29, 1.82) is 0 Å². The molecule has 174 valence electrons. The van der Waals surface area contributed by atoms with Crippen molar-refractivity contribution in [3.63, 3.8) is 0 Å². The molecule has 7 nitrogen and oxygen atoms in total. The van der Waals surface area contributed by atoms with Gasteiger partial charge in [0.15, 0.2) is 0 Å². The Hall–Kier alpha value is -3.48. The van der Waals surface area contributed by atoms with Gasteiger partial charge in [0.2, 0.25) is 11.8 Å². The molecule has 7 heteroatoms. The molecule has 2 aromatic carbocycles. The number of carbonyl (C=O) groups is 4. The van der Waals surface area contributed by atoms with Crippen molar-refractivity contribution in [3.05, 3.63) is 70.3 Å². The molecular weight excluding hydrogens is 430 g/mol. The molecule has 6 rings (SSSR count). The van der Waals surface area contributed by atoms with E-state index in [1.807, 2.05) is 4.90 Å². The van der Waals surface area contributed by atoms with Crippen molar-refractivity contribution in [3.8, 4) is 0 Å². The Morgan fingerprint density at radius 3 is 2.47 bits per heavy atom. The molecule has 3 heterocycles. The number of nitrogens with one attached hydrogen (secondary N) is 1. The Labute approximate surface area is 198 Å². The highest BCUT2D eigenvalue weighted by atomic mass is 16.2. The van der Waals surface area contributed by atoms with Gasteiger partial charge in [-0.15, -0.1) is 0 Å². The number of hydrogen-bond acceptors (Lipinski definition) is 4. The predicted octanol–water partition coefficient (Wildman–Crippen LogP) is 2.78. The van der Waals surface area contributed by atoms with E-state index >= 15 is 0 Å². The van der Waals surface area contributed by atoms with Crippen molar-refractivity contribution in [1.82, 2.24) is 15.1 Å². The number of amides is 4. The van der Waals surface area contributed by atoms with E-state index in [-0.39, 0.29) is 36.1 Å². The topological polar surface area (TPSA) is 86.8 Å². The van der Waals surface area contributed by atoms with Gasteiger partial charge in [-0.05, 0) is 61.4 Å². The van der Waals surface area contributed by atoms with Gasteiger partial charge in [-0.3, -0.25) is 24.5 Å². The minimum absolute atomic E-state index is 0.000819.